The monoisotopic (exact) mass is 270 g/mol. The molecule has 0 fully saturated rings. The van der Waals surface area contributed by atoms with Gasteiger partial charge in [0.05, 0.1) is 0 Å². The normalized spacial score (nSPS) is 22.8. The van der Waals surface area contributed by atoms with Crippen molar-refractivity contribution in [1.82, 2.24) is 10.6 Å². The molecule has 0 saturated heterocycles. The molecule has 1 heterocycles. The molecular formula is C11H15BrN2O. The molecule has 1 aromatic rings. The topological polar surface area (TPSA) is 41.1 Å². The summed E-state index contributed by atoms with van der Waals surface area (Å²) in [5.74, 6) is -0.0169. The van der Waals surface area contributed by atoms with Crippen LogP contribution in [0, 0.1) is 0 Å². The van der Waals surface area contributed by atoms with Gasteiger partial charge in [-0.1, -0.05) is 24.3 Å². The molecule has 1 aliphatic rings. The predicted octanol–water partition coefficient (Wildman–Crippen LogP) is 1.68. The second-order valence-electron chi connectivity index (χ2n) is 3.82. The molecule has 0 aromatic heterocycles. The van der Waals surface area contributed by atoms with Crippen LogP contribution in [0.3, 0.4) is 0 Å². The van der Waals surface area contributed by atoms with Crippen LogP contribution in [-0.2, 0) is 17.0 Å². The Hall–Kier alpha value is -0.870. The van der Waals surface area contributed by atoms with E-state index in [1.54, 1.807) is 0 Å². The number of fused-ring (bicyclic) bond motifs is 1. The van der Waals surface area contributed by atoms with Crippen molar-refractivity contribution in [3.05, 3.63) is 35.4 Å². The number of rotatable bonds is 1. The SMILES string of the molecule is Br.CC(=O)NC1(C)NCc2ccccc21. The molecule has 2 N–H and O–H groups in total. The molecule has 4 heteroatoms. The highest BCUT2D eigenvalue weighted by Crippen LogP contribution is 2.27. The maximum Gasteiger partial charge on any atom is 0.218 e. The molecular weight excluding hydrogens is 256 g/mol. The van der Waals surface area contributed by atoms with E-state index in [-0.39, 0.29) is 22.9 Å². The van der Waals surface area contributed by atoms with E-state index < -0.39 is 5.66 Å². The van der Waals surface area contributed by atoms with Crippen LogP contribution >= 0.6 is 17.0 Å². The maximum absolute atomic E-state index is 11.1. The summed E-state index contributed by atoms with van der Waals surface area (Å²) < 4.78 is 0. The van der Waals surface area contributed by atoms with Crippen molar-refractivity contribution in [3.8, 4) is 0 Å². The molecule has 0 bridgehead atoms. The Morgan fingerprint density at radius 3 is 2.80 bits per heavy atom. The summed E-state index contributed by atoms with van der Waals surface area (Å²) in [7, 11) is 0. The quantitative estimate of drug-likeness (QED) is 0.816. The third-order valence-electron chi connectivity index (χ3n) is 2.61. The summed E-state index contributed by atoms with van der Waals surface area (Å²) in [5, 5.41) is 6.22. The summed E-state index contributed by atoms with van der Waals surface area (Å²) in [4.78, 5) is 11.1. The second kappa shape index (κ2) is 4.33. The van der Waals surface area contributed by atoms with Crippen molar-refractivity contribution in [3.63, 3.8) is 0 Å². The van der Waals surface area contributed by atoms with Crippen LogP contribution in [-0.4, -0.2) is 5.91 Å². The van der Waals surface area contributed by atoms with Gasteiger partial charge in [0.1, 0.15) is 5.66 Å². The summed E-state index contributed by atoms with van der Waals surface area (Å²) in [6.45, 7) is 4.33. The number of carbonyl (C=O) groups excluding carboxylic acids is 1. The maximum atomic E-state index is 11.1. The zero-order valence-corrected chi connectivity index (χ0v) is 10.5. The van der Waals surface area contributed by atoms with Crippen LogP contribution in [0.2, 0.25) is 0 Å². The fourth-order valence-corrected chi connectivity index (χ4v) is 1.99. The molecule has 1 aromatic carbocycles. The van der Waals surface area contributed by atoms with Gasteiger partial charge in [0, 0.05) is 13.5 Å². The first-order valence-corrected chi connectivity index (χ1v) is 4.74. The summed E-state index contributed by atoms with van der Waals surface area (Å²) in [5.41, 5.74) is 2.02. The van der Waals surface area contributed by atoms with Crippen LogP contribution in [0.4, 0.5) is 0 Å². The van der Waals surface area contributed by atoms with E-state index in [0.29, 0.717) is 0 Å². The smallest absolute Gasteiger partial charge is 0.218 e. The van der Waals surface area contributed by atoms with Gasteiger partial charge in [0.25, 0.3) is 0 Å². The number of hydrogen-bond donors (Lipinski definition) is 2. The van der Waals surface area contributed by atoms with E-state index >= 15 is 0 Å². The Kier molecular flexibility index (Phi) is 3.52. The van der Waals surface area contributed by atoms with E-state index in [1.165, 1.54) is 12.5 Å². The van der Waals surface area contributed by atoms with E-state index in [4.69, 9.17) is 0 Å². The van der Waals surface area contributed by atoms with Gasteiger partial charge in [0.15, 0.2) is 0 Å². The molecule has 1 aliphatic heterocycles. The van der Waals surface area contributed by atoms with Gasteiger partial charge in [0.2, 0.25) is 5.91 Å². The first-order valence-electron chi connectivity index (χ1n) is 4.74. The third-order valence-corrected chi connectivity index (χ3v) is 2.61. The molecule has 0 aliphatic carbocycles. The Morgan fingerprint density at radius 1 is 1.47 bits per heavy atom. The van der Waals surface area contributed by atoms with Gasteiger partial charge in [-0.05, 0) is 18.1 Å². The summed E-state index contributed by atoms with van der Waals surface area (Å²) in [6, 6.07) is 8.13. The Bertz CT molecular complexity index is 381. The van der Waals surface area contributed by atoms with E-state index in [2.05, 4.69) is 16.7 Å². The summed E-state index contributed by atoms with van der Waals surface area (Å²) >= 11 is 0. The van der Waals surface area contributed by atoms with Crippen LogP contribution in [0.15, 0.2) is 24.3 Å². The van der Waals surface area contributed by atoms with Crippen molar-refractivity contribution in [1.29, 1.82) is 0 Å². The van der Waals surface area contributed by atoms with Crippen molar-refractivity contribution < 1.29 is 4.79 Å². The van der Waals surface area contributed by atoms with Crippen molar-refractivity contribution >= 4 is 22.9 Å². The molecule has 0 radical (unpaired) electrons. The third kappa shape index (κ3) is 2.21. The standard InChI is InChI=1S/C11H14N2O.BrH/c1-8(14)13-11(2)10-6-4-3-5-9(10)7-12-11;/h3-6,12H,7H2,1-2H3,(H,13,14);1H. The average Bonchev–Trinajstić information content (AvgIpc) is 2.44. The van der Waals surface area contributed by atoms with Crippen LogP contribution in [0.5, 0.6) is 0 Å². The first-order chi connectivity index (χ1) is 6.62. The van der Waals surface area contributed by atoms with E-state index in [9.17, 15) is 4.79 Å². The molecule has 15 heavy (non-hydrogen) atoms. The number of amides is 1. The Balaban J connectivity index is 0.00000112. The second-order valence-corrected chi connectivity index (χ2v) is 3.82. The fraction of sp³-hybridized carbons (Fsp3) is 0.364. The lowest BCUT2D eigenvalue weighted by Gasteiger charge is -2.26. The minimum absolute atomic E-state index is 0. The van der Waals surface area contributed by atoms with Gasteiger partial charge in [-0.25, -0.2) is 0 Å². The zero-order valence-electron chi connectivity index (χ0n) is 8.83. The summed E-state index contributed by atoms with van der Waals surface area (Å²) in [6.07, 6.45) is 0. The lowest BCUT2D eigenvalue weighted by molar-refractivity contribution is -0.121. The van der Waals surface area contributed by atoms with Gasteiger partial charge < -0.3 is 5.32 Å². The van der Waals surface area contributed by atoms with Gasteiger partial charge in [-0.3, -0.25) is 10.1 Å². The molecule has 0 saturated carbocycles. The zero-order chi connectivity index (χ0) is 10.2. The minimum Gasteiger partial charge on any atom is -0.335 e. The van der Waals surface area contributed by atoms with Crippen LogP contribution in [0.1, 0.15) is 25.0 Å². The van der Waals surface area contributed by atoms with Crippen LogP contribution in [0.25, 0.3) is 0 Å². The molecule has 82 valence electrons. The number of nitrogens with one attached hydrogen (secondary N) is 2. The molecule has 1 amide bonds. The molecule has 3 nitrogen and oxygen atoms in total. The molecule has 0 spiro atoms. The van der Waals surface area contributed by atoms with Crippen molar-refractivity contribution in [2.75, 3.05) is 0 Å². The highest BCUT2D eigenvalue weighted by Gasteiger charge is 2.33. The van der Waals surface area contributed by atoms with Crippen molar-refractivity contribution in [2.45, 2.75) is 26.1 Å². The Labute approximate surface area is 100 Å². The van der Waals surface area contributed by atoms with E-state index in [0.717, 1.165) is 12.1 Å². The molecule has 1 atom stereocenters. The first kappa shape index (κ1) is 12.2. The number of hydrogen-bond acceptors (Lipinski definition) is 2. The van der Waals surface area contributed by atoms with Gasteiger partial charge in [-0.2, -0.15) is 0 Å². The largest absolute Gasteiger partial charge is 0.335 e. The minimum atomic E-state index is -0.400. The average molecular weight is 271 g/mol. The van der Waals surface area contributed by atoms with Crippen LogP contribution < -0.4 is 10.6 Å². The predicted molar refractivity (Wildman–Crippen MR) is 64.8 cm³/mol. The fourth-order valence-electron chi connectivity index (χ4n) is 1.99. The number of carbonyl (C=O) groups is 1. The lowest BCUT2D eigenvalue weighted by atomic mass is 10.0. The highest BCUT2D eigenvalue weighted by molar-refractivity contribution is 8.93. The lowest BCUT2D eigenvalue weighted by Crippen LogP contribution is -2.49. The van der Waals surface area contributed by atoms with Gasteiger partial charge in [-0.15, -0.1) is 17.0 Å². The molecule has 1 unspecified atom stereocenters. The Morgan fingerprint density at radius 2 is 2.13 bits per heavy atom. The number of benzene rings is 1. The van der Waals surface area contributed by atoms with Crippen molar-refractivity contribution in [2.24, 2.45) is 0 Å². The number of halogens is 1. The highest BCUT2D eigenvalue weighted by atomic mass is 79.9. The van der Waals surface area contributed by atoms with Gasteiger partial charge >= 0.3 is 0 Å². The van der Waals surface area contributed by atoms with E-state index in [1.807, 2.05) is 25.1 Å². The molecule has 2 rings (SSSR count).